The van der Waals surface area contributed by atoms with Crippen LogP contribution in [-0.4, -0.2) is 37.0 Å². The lowest BCUT2D eigenvalue weighted by Crippen LogP contribution is -2.42. The fraction of sp³-hybridized carbons (Fsp3) is 0.625. The molecule has 5 heteroatoms. The van der Waals surface area contributed by atoms with Gasteiger partial charge in [0.15, 0.2) is 5.79 Å². The zero-order valence-corrected chi connectivity index (χ0v) is 13.0. The quantitative estimate of drug-likeness (QED) is 0.851. The van der Waals surface area contributed by atoms with Crippen molar-refractivity contribution in [1.82, 2.24) is 4.90 Å². The zero-order chi connectivity index (χ0) is 14.9. The molecular formula is C16H21ClFNO2. The number of hydrogen-bond donors (Lipinski definition) is 0. The summed E-state index contributed by atoms with van der Waals surface area (Å²) in [6.07, 6.45) is 4.02. The number of ether oxygens (including phenoxy) is 2. The van der Waals surface area contributed by atoms with Gasteiger partial charge in [-0.15, -0.1) is 0 Å². The van der Waals surface area contributed by atoms with E-state index in [1.165, 1.54) is 6.07 Å². The molecule has 3 nitrogen and oxygen atoms in total. The lowest BCUT2D eigenvalue weighted by atomic mass is 9.89. The van der Waals surface area contributed by atoms with Crippen LogP contribution < -0.4 is 0 Å². The van der Waals surface area contributed by atoms with Crippen molar-refractivity contribution in [3.05, 3.63) is 34.6 Å². The molecule has 0 amide bonds. The van der Waals surface area contributed by atoms with E-state index in [1.807, 2.05) is 0 Å². The summed E-state index contributed by atoms with van der Waals surface area (Å²) in [5.41, 5.74) is 1.04. The number of benzene rings is 1. The van der Waals surface area contributed by atoms with Gasteiger partial charge in [-0.2, -0.15) is 0 Å². The van der Waals surface area contributed by atoms with Crippen molar-refractivity contribution < 1.29 is 13.9 Å². The van der Waals surface area contributed by atoms with Gasteiger partial charge in [0.25, 0.3) is 0 Å². The third-order valence-electron chi connectivity index (χ3n) is 4.57. The maximum Gasteiger partial charge on any atom is 0.168 e. The summed E-state index contributed by atoms with van der Waals surface area (Å²) in [7, 11) is 2.11. The third-order valence-corrected chi connectivity index (χ3v) is 4.86. The molecule has 0 atom stereocenters. The molecule has 0 N–H and O–H groups in total. The highest BCUT2D eigenvalue weighted by atomic mass is 35.5. The summed E-state index contributed by atoms with van der Waals surface area (Å²) in [4.78, 5) is 2.31. The molecule has 1 aromatic rings. The van der Waals surface area contributed by atoms with Gasteiger partial charge in [-0.3, -0.25) is 4.90 Å². The standard InChI is InChI=1S/C16H21ClFNO2/c1-19(11-12-2-3-15(18)14(17)10-12)13-4-6-16(7-5-13)20-8-9-21-16/h2-3,10,13H,4-9,11H2,1H3. The highest BCUT2D eigenvalue weighted by molar-refractivity contribution is 6.30. The van der Waals surface area contributed by atoms with Crippen molar-refractivity contribution in [2.24, 2.45) is 0 Å². The van der Waals surface area contributed by atoms with E-state index in [4.69, 9.17) is 21.1 Å². The largest absolute Gasteiger partial charge is 0.348 e. The molecule has 1 aliphatic carbocycles. The highest BCUT2D eigenvalue weighted by Gasteiger charge is 2.40. The first-order chi connectivity index (χ1) is 10.1. The Morgan fingerprint density at radius 2 is 1.95 bits per heavy atom. The van der Waals surface area contributed by atoms with Gasteiger partial charge in [0.05, 0.1) is 18.2 Å². The average Bonchev–Trinajstić information content (AvgIpc) is 2.92. The van der Waals surface area contributed by atoms with Gasteiger partial charge >= 0.3 is 0 Å². The van der Waals surface area contributed by atoms with Crippen LogP contribution in [0.2, 0.25) is 5.02 Å². The molecule has 1 heterocycles. The molecule has 1 saturated heterocycles. The SMILES string of the molecule is CN(Cc1ccc(F)c(Cl)c1)C1CCC2(CC1)OCCO2. The van der Waals surface area contributed by atoms with Crippen molar-refractivity contribution >= 4 is 11.6 Å². The molecule has 116 valence electrons. The number of halogens is 2. The maximum absolute atomic E-state index is 13.2. The molecule has 0 radical (unpaired) electrons. The van der Waals surface area contributed by atoms with E-state index in [0.29, 0.717) is 19.3 Å². The Morgan fingerprint density at radius 3 is 2.57 bits per heavy atom. The molecule has 21 heavy (non-hydrogen) atoms. The minimum absolute atomic E-state index is 0.191. The fourth-order valence-corrected chi connectivity index (χ4v) is 3.53. The predicted octanol–water partition coefficient (Wildman–Crippen LogP) is 3.60. The highest BCUT2D eigenvalue weighted by Crippen LogP contribution is 2.37. The van der Waals surface area contributed by atoms with Crippen LogP contribution in [0.5, 0.6) is 0 Å². The van der Waals surface area contributed by atoms with E-state index in [0.717, 1.165) is 37.8 Å². The first-order valence-corrected chi connectivity index (χ1v) is 7.88. The van der Waals surface area contributed by atoms with Gasteiger partial charge in [0, 0.05) is 25.4 Å². The summed E-state index contributed by atoms with van der Waals surface area (Å²) in [5.74, 6) is -0.672. The van der Waals surface area contributed by atoms with E-state index in [2.05, 4.69) is 11.9 Å². The van der Waals surface area contributed by atoms with Crippen molar-refractivity contribution in [2.75, 3.05) is 20.3 Å². The number of nitrogens with zero attached hydrogens (tertiary/aromatic N) is 1. The van der Waals surface area contributed by atoms with E-state index in [-0.39, 0.29) is 16.6 Å². The molecule has 2 fully saturated rings. The molecule has 3 rings (SSSR count). The minimum atomic E-state index is -0.363. The lowest BCUT2D eigenvalue weighted by molar-refractivity contribution is -0.183. The molecule has 1 saturated carbocycles. The van der Waals surface area contributed by atoms with Gasteiger partial charge in [-0.25, -0.2) is 4.39 Å². The molecule has 2 aliphatic rings. The van der Waals surface area contributed by atoms with Crippen molar-refractivity contribution in [3.63, 3.8) is 0 Å². The molecule has 0 unspecified atom stereocenters. The fourth-order valence-electron chi connectivity index (χ4n) is 3.32. The van der Waals surface area contributed by atoms with Crippen LogP contribution >= 0.6 is 11.6 Å². The Bertz CT molecular complexity index is 495. The van der Waals surface area contributed by atoms with E-state index in [1.54, 1.807) is 12.1 Å². The van der Waals surface area contributed by atoms with Crippen LogP contribution in [0.1, 0.15) is 31.2 Å². The second-order valence-electron chi connectivity index (χ2n) is 6.00. The molecule has 1 spiro atoms. The Kier molecular flexibility index (Phi) is 4.50. The van der Waals surface area contributed by atoms with Crippen LogP contribution in [0.4, 0.5) is 4.39 Å². The van der Waals surface area contributed by atoms with Crippen LogP contribution in [0, 0.1) is 5.82 Å². The van der Waals surface area contributed by atoms with Gasteiger partial charge < -0.3 is 9.47 Å². The van der Waals surface area contributed by atoms with Gasteiger partial charge in [0.2, 0.25) is 0 Å². The molecule has 1 aliphatic heterocycles. The molecule has 1 aromatic carbocycles. The predicted molar refractivity (Wildman–Crippen MR) is 79.8 cm³/mol. The van der Waals surface area contributed by atoms with E-state index < -0.39 is 0 Å². The first kappa shape index (κ1) is 15.2. The second kappa shape index (κ2) is 6.21. The Hall–Kier alpha value is -0.680. The van der Waals surface area contributed by atoms with Crippen molar-refractivity contribution in [1.29, 1.82) is 0 Å². The first-order valence-electron chi connectivity index (χ1n) is 7.50. The molecule has 0 aromatic heterocycles. The minimum Gasteiger partial charge on any atom is -0.348 e. The Balaban J connectivity index is 1.56. The van der Waals surface area contributed by atoms with Crippen LogP contribution in [0.3, 0.4) is 0 Å². The summed E-state index contributed by atoms with van der Waals surface area (Å²) in [5, 5.41) is 0.191. The van der Waals surface area contributed by atoms with E-state index in [9.17, 15) is 4.39 Å². The normalized spacial score (nSPS) is 22.3. The smallest absolute Gasteiger partial charge is 0.168 e. The van der Waals surface area contributed by atoms with Crippen LogP contribution in [-0.2, 0) is 16.0 Å². The van der Waals surface area contributed by atoms with Crippen LogP contribution in [0.25, 0.3) is 0 Å². The summed E-state index contributed by atoms with van der Waals surface area (Å²) < 4.78 is 24.7. The van der Waals surface area contributed by atoms with Gasteiger partial charge in [-0.1, -0.05) is 17.7 Å². The van der Waals surface area contributed by atoms with E-state index >= 15 is 0 Å². The monoisotopic (exact) mass is 313 g/mol. The van der Waals surface area contributed by atoms with Crippen molar-refractivity contribution in [3.8, 4) is 0 Å². The number of hydrogen-bond acceptors (Lipinski definition) is 3. The summed E-state index contributed by atoms with van der Waals surface area (Å²) in [6, 6.07) is 5.44. The lowest BCUT2D eigenvalue weighted by Gasteiger charge is -2.39. The number of rotatable bonds is 3. The summed E-state index contributed by atoms with van der Waals surface area (Å²) >= 11 is 5.84. The Morgan fingerprint density at radius 1 is 1.29 bits per heavy atom. The van der Waals surface area contributed by atoms with Gasteiger partial charge in [0.1, 0.15) is 5.82 Å². The zero-order valence-electron chi connectivity index (χ0n) is 12.3. The molecule has 0 bridgehead atoms. The van der Waals surface area contributed by atoms with Crippen molar-refractivity contribution in [2.45, 2.75) is 44.1 Å². The third kappa shape index (κ3) is 3.39. The molecular weight excluding hydrogens is 293 g/mol. The topological polar surface area (TPSA) is 21.7 Å². The van der Waals surface area contributed by atoms with Crippen LogP contribution in [0.15, 0.2) is 18.2 Å². The maximum atomic E-state index is 13.2. The average molecular weight is 314 g/mol. The Labute approximate surface area is 130 Å². The summed E-state index contributed by atoms with van der Waals surface area (Å²) in [6.45, 7) is 2.21. The van der Waals surface area contributed by atoms with Gasteiger partial charge in [-0.05, 0) is 37.6 Å². The second-order valence-corrected chi connectivity index (χ2v) is 6.41.